The van der Waals surface area contributed by atoms with Crippen molar-refractivity contribution in [3.05, 3.63) is 48.0 Å². The minimum Gasteiger partial charge on any atom is -0.344 e. The lowest BCUT2D eigenvalue weighted by atomic mass is 10.2. The number of rotatable bonds is 4. The van der Waals surface area contributed by atoms with Crippen LogP contribution in [-0.4, -0.2) is 62.5 Å². The van der Waals surface area contributed by atoms with Gasteiger partial charge in [-0.05, 0) is 19.1 Å². The number of pyridine rings is 1. The van der Waals surface area contributed by atoms with Crippen LogP contribution in [0.4, 0.5) is 19.1 Å². The van der Waals surface area contributed by atoms with E-state index in [1.54, 1.807) is 22.2 Å². The van der Waals surface area contributed by atoms with Crippen LogP contribution in [0.25, 0.3) is 11.0 Å². The van der Waals surface area contributed by atoms with Crippen molar-refractivity contribution in [3.8, 4) is 0 Å². The second kappa shape index (κ2) is 8.14. The molecule has 3 aromatic rings. The Morgan fingerprint density at radius 2 is 1.84 bits per heavy atom. The second-order valence-corrected chi connectivity index (χ2v) is 7.59. The van der Waals surface area contributed by atoms with Crippen molar-refractivity contribution in [1.82, 2.24) is 24.4 Å². The van der Waals surface area contributed by atoms with Crippen LogP contribution in [0.15, 0.2) is 36.9 Å². The Kier molecular flexibility index (Phi) is 5.52. The molecule has 0 unspecified atom stereocenters. The largest absolute Gasteiger partial charge is 0.419 e. The minimum atomic E-state index is -4.47. The third-order valence-corrected chi connectivity index (χ3v) is 5.17. The van der Waals surface area contributed by atoms with Crippen molar-refractivity contribution in [3.63, 3.8) is 0 Å². The first-order valence-corrected chi connectivity index (χ1v) is 9.87. The maximum Gasteiger partial charge on any atom is 0.419 e. The molecule has 2 N–H and O–H groups in total. The number of hydrogen-bond acceptors (Lipinski definition) is 6. The summed E-state index contributed by atoms with van der Waals surface area (Å²) in [6, 6.07) is 3.64. The summed E-state index contributed by atoms with van der Waals surface area (Å²) in [5, 5.41) is 0. The molecule has 8 nitrogen and oxygen atoms in total. The molecule has 31 heavy (non-hydrogen) atoms. The molecule has 3 aromatic heterocycles. The van der Waals surface area contributed by atoms with E-state index in [4.69, 9.17) is 5.73 Å². The summed E-state index contributed by atoms with van der Waals surface area (Å²) in [6.07, 6.45) is 0.514. The predicted molar refractivity (Wildman–Crippen MR) is 109 cm³/mol. The molecule has 0 aliphatic carbocycles. The molecule has 1 saturated heterocycles. The highest BCUT2D eigenvalue weighted by Crippen LogP contribution is 2.28. The Hall–Kier alpha value is -3.21. The minimum absolute atomic E-state index is 0.0777. The van der Waals surface area contributed by atoms with Crippen LogP contribution < -0.4 is 10.6 Å². The van der Waals surface area contributed by atoms with E-state index in [1.165, 1.54) is 0 Å². The highest BCUT2D eigenvalue weighted by atomic mass is 19.4. The van der Waals surface area contributed by atoms with Gasteiger partial charge in [0.25, 0.3) is 5.91 Å². The number of aromatic nitrogens is 4. The van der Waals surface area contributed by atoms with E-state index in [9.17, 15) is 18.0 Å². The summed E-state index contributed by atoms with van der Waals surface area (Å²) < 4.78 is 40.0. The Morgan fingerprint density at radius 3 is 2.45 bits per heavy atom. The first-order chi connectivity index (χ1) is 14.7. The van der Waals surface area contributed by atoms with Gasteiger partial charge < -0.3 is 20.1 Å². The van der Waals surface area contributed by atoms with Gasteiger partial charge in [0.05, 0.1) is 16.6 Å². The molecule has 164 valence electrons. The number of amides is 1. The number of halogens is 3. The van der Waals surface area contributed by atoms with Gasteiger partial charge in [0.15, 0.2) is 0 Å². The van der Waals surface area contributed by atoms with Gasteiger partial charge in [0.2, 0.25) is 5.95 Å². The Labute approximate surface area is 176 Å². The highest BCUT2D eigenvalue weighted by molar-refractivity contribution is 6.05. The Bertz CT molecular complexity index is 1070. The van der Waals surface area contributed by atoms with E-state index in [1.807, 2.05) is 23.6 Å². The van der Waals surface area contributed by atoms with Crippen molar-refractivity contribution in [2.45, 2.75) is 25.7 Å². The zero-order valence-corrected chi connectivity index (χ0v) is 16.9. The number of carbonyl (C=O) groups excluding carboxylic acids is 1. The van der Waals surface area contributed by atoms with Crippen LogP contribution in [0.2, 0.25) is 0 Å². The number of alkyl halides is 3. The lowest BCUT2D eigenvalue weighted by Gasteiger charge is -2.34. The van der Waals surface area contributed by atoms with Crippen LogP contribution in [0.5, 0.6) is 0 Å². The number of fused-ring (bicyclic) bond motifs is 1. The molecule has 4 rings (SSSR count). The SMILES string of the molecule is C[C@H](N)Cn1cc(C(=O)N2CCN(c3ncc(C(F)(F)F)cn3)CC2)c2ncccc21. The summed E-state index contributed by atoms with van der Waals surface area (Å²) in [5.41, 5.74) is 7.03. The number of nitrogens with zero attached hydrogens (tertiary/aromatic N) is 6. The quantitative estimate of drug-likeness (QED) is 0.678. The maximum atomic E-state index is 13.2. The van der Waals surface area contributed by atoms with Crippen LogP contribution >= 0.6 is 0 Å². The third kappa shape index (κ3) is 4.31. The maximum absolute atomic E-state index is 13.2. The summed E-state index contributed by atoms with van der Waals surface area (Å²) in [6.45, 7) is 4.10. The normalized spacial score (nSPS) is 16.0. The number of piperazine rings is 1. The molecule has 0 radical (unpaired) electrons. The lowest BCUT2D eigenvalue weighted by Crippen LogP contribution is -2.49. The second-order valence-electron chi connectivity index (χ2n) is 7.59. The van der Waals surface area contributed by atoms with E-state index >= 15 is 0 Å². The molecule has 1 amide bonds. The summed E-state index contributed by atoms with van der Waals surface area (Å²) in [4.78, 5) is 28.7. The van der Waals surface area contributed by atoms with Gasteiger partial charge in [-0.15, -0.1) is 0 Å². The molecule has 0 spiro atoms. The fourth-order valence-corrected chi connectivity index (χ4v) is 3.65. The summed E-state index contributed by atoms with van der Waals surface area (Å²) >= 11 is 0. The van der Waals surface area contributed by atoms with Gasteiger partial charge in [-0.3, -0.25) is 9.78 Å². The standard InChI is InChI=1S/C20H22F3N7O/c1-13(24)11-30-12-15(17-16(30)3-2-4-25-17)18(31)28-5-7-29(8-6-28)19-26-9-14(10-27-19)20(21,22)23/h2-4,9-10,12-13H,5-8,11,24H2,1H3/t13-/m0/s1. The van der Waals surface area contributed by atoms with E-state index in [-0.39, 0.29) is 17.9 Å². The van der Waals surface area contributed by atoms with Crippen molar-refractivity contribution < 1.29 is 18.0 Å². The summed E-state index contributed by atoms with van der Waals surface area (Å²) in [5.74, 6) is 0.0791. The van der Waals surface area contributed by atoms with Crippen LogP contribution in [0, 0.1) is 0 Å². The van der Waals surface area contributed by atoms with E-state index < -0.39 is 11.7 Å². The number of nitrogens with two attached hydrogens (primary N) is 1. The fourth-order valence-electron chi connectivity index (χ4n) is 3.65. The first-order valence-electron chi connectivity index (χ1n) is 9.87. The van der Waals surface area contributed by atoms with Gasteiger partial charge in [0, 0.05) is 63.6 Å². The molecule has 4 heterocycles. The highest BCUT2D eigenvalue weighted by Gasteiger charge is 2.32. The van der Waals surface area contributed by atoms with Gasteiger partial charge >= 0.3 is 6.18 Å². The van der Waals surface area contributed by atoms with Crippen molar-refractivity contribution in [2.75, 3.05) is 31.1 Å². The average Bonchev–Trinajstić information content (AvgIpc) is 3.11. The van der Waals surface area contributed by atoms with Crippen LogP contribution in [-0.2, 0) is 12.7 Å². The Morgan fingerprint density at radius 1 is 1.16 bits per heavy atom. The van der Waals surface area contributed by atoms with E-state index in [0.29, 0.717) is 43.8 Å². The molecule has 0 bridgehead atoms. The van der Waals surface area contributed by atoms with Crippen molar-refractivity contribution in [1.29, 1.82) is 0 Å². The smallest absolute Gasteiger partial charge is 0.344 e. The number of hydrogen-bond donors (Lipinski definition) is 1. The van der Waals surface area contributed by atoms with Gasteiger partial charge in [0.1, 0.15) is 5.52 Å². The molecule has 1 aliphatic heterocycles. The van der Waals surface area contributed by atoms with Gasteiger partial charge in [-0.25, -0.2) is 9.97 Å². The molecule has 0 saturated carbocycles. The van der Waals surface area contributed by atoms with Crippen LogP contribution in [0.1, 0.15) is 22.8 Å². The van der Waals surface area contributed by atoms with Crippen LogP contribution in [0.3, 0.4) is 0 Å². The molecular weight excluding hydrogens is 411 g/mol. The molecular formula is C20H22F3N7O. The molecule has 11 heteroatoms. The van der Waals surface area contributed by atoms with Gasteiger partial charge in [-0.2, -0.15) is 13.2 Å². The van der Waals surface area contributed by atoms with Crippen molar-refractivity contribution >= 4 is 22.9 Å². The van der Waals surface area contributed by atoms with Gasteiger partial charge in [-0.1, -0.05) is 0 Å². The zero-order valence-electron chi connectivity index (χ0n) is 16.9. The molecule has 1 fully saturated rings. The topological polar surface area (TPSA) is 93.2 Å². The molecule has 1 aliphatic rings. The fraction of sp³-hybridized carbons (Fsp3) is 0.400. The zero-order chi connectivity index (χ0) is 22.2. The first kappa shape index (κ1) is 21.0. The summed E-state index contributed by atoms with van der Waals surface area (Å²) in [7, 11) is 0. The number of carbonyl (C=O) groups is 1. The average molecular weight is 433 g/mol. The monoisotopic (exact) mass is 433 g/mol. The Balaban J connectivity index is 1.47. The molecule has 1 atom stereocenters. The van der Waals surface area contributed by atoms with E-state index in [2.05, 4.69) is 15.0 Å². The van der Waals surface area contributed by atoms with E-state index in [0.717, 1.165) is 17.9 Å². The lowest BCUT2D eigenvalue weighted by molar-refractivity contribution is -0.138. The molecule has 0 aromatic carbocycles. The third-order valence-electron chi connectivity index (χ3n) is 5.17. The van der Waals surface area contributed by atoms with Crippen molar-refractivity contribution in [2.24, 2.45) is 5.73 Å². The predicted octanol–water partition coefficient (Wildman–Crippen LogP) is 2.15. The number of anilines is 1.